The SMILES string of the molecule is Cc1c(C(=O)N2CCCCCC2CO)cnn1C. The van der Waals surface area contributed by atoms with Crippen molar-refractivity contribution in [2.45, 2.75) is 38.6 Å². The maximum Gasteiger partial charge on any atom is 0.257 e. The van der Waals surface area contributed by atoms with Gasteiger partial charge in [-0.25, -0.2) is 0 Å². The first kappa shape index (κ1) is 13.1. The number of rotatable bonds is 2. The number of aromatic nitrogens is 2. The predicted molar refractivity (Wildman–Crippen MR) is 68.3 cm³/mol. The molecular weight excluding hydrogens is 230 g/mol. The van der Waals surface area contributed by atoms with E-state index in [1.165, 1.54) is 0 Å². The van der Waals surface area contributed by atoms with E-state index in [1.807, 2.05) is 18.9 Å². The molecule has 1 aromatic rings. The van der Waals surface area contributed by atoms with Crippen LogP contribution in [-0.4, -0.2) is 44.9 Å². The van der Waals surface area contributed by atoms with Crippen LogP contribution in [0.2, 0.25) is 0 Å². The maximum absolute atomic E-state index is 12.5. The van der Waals surface area contributed by atoms with E-state index >= 15 is 0 Å². The molecule has 1 unspecified atom stereocenters. The van der Waals surface area contributed by atoms with Crippen LogP contribution in [0.5, 0.6) is 0 Å². The number of carbonyl (C=O) groups is 1. The van der Waals surface area contributed by atoms with Gasteiger partial charge >= 0.3 is 0 Å². The number of amides is 1. The van der Waals surface area contributed by atoms with Crippen LogP contribution in [0.25, 0.3) is 0 Å². The zero-order valence-corrected chi connectivity index (χ0v) is 11.1. The number of likely N-dealkylation sites (tertiary alicyclic amines) is 1. The molecule has 0 saturated carbocycles. The van der Waals surface area contributed by atoms with Gasteiger partial charge in [-0.05, 0) is 19.8 Å². The molecule has 0 spiro atoms. The highest BCUT2D eigenvalue weighted by Crippen LogP contribution is 2.20. The number of aryl methyl sites for hydroxylation is 1. The quantitative estimate of drug-likeness (QED) is 0.856. The highest BCUT2D eigenvalue weighted by molar-refractivity contribution is 5.95. The van der Waals surface area contributed by atoms with Gasteiger partial charge in [-0.3, -0.25) is 9.48 Å². The number of aliphatic hydroxyl groups excluding tert-OH is 1. The summed E-state index contributed by atoms with van der Waals surface area (Å²) < 4.78 is 1.71. The molecule has 1 aromatic heterocycles. The summed E-state index contributed by atoms with van der Waals surface area (Å²) in [6.07, 6.45) is 5.74. The topological polar surface area (TPSA) is 58.4 Å². The molecule has 2 heterocycles. The Morgan fingerprint density at radius 2 is 2.28 bits per heavy atom. The van der Waals surface area contributed by atoms with Crippen LogP contribution >= 0.6 is 0 Å². The van der Waals surface area contributed by atoms with Crippen molar-refractivity contribution in [2.75, 3.05) is 13.2 Å². The monoisotopic (exact) mass is 251 g/mol. The van der Waals surface area contributed by atoms with E-state index in [0.29, 0.717) is 5.56 Å². The first-order chi connectivity index (χ1) is 8.65. The minimum atomic E-state index is -0.0420. The summed E-state index contributed by atoms with van der Waals surface area (Å²) in [4.78, 5) is 14.3. The second-order valence-corrected chi connectivity index (χ2v) is 4.95. The summed E-state index contributed by atoms with van der Waals surface area (Å²) in [6.45, 7) is 2.68. The fourth-order valence-electron chi connectivity index (χ4n) is 2.50. The fourth-order valence-corrected chi connectivity index (χ4v) is 2.50. The van der Waals surface area contributed by atoms with Crippen molar-refractivity contribution in [3.05, 3.63) is 17.5 Å². The third-order valence-electron chi connectivity index (χ3n) is 3.81. The number of hydrogen-bond donors (Lipinski definition) is 1. The van der Waals surface area contributed by atoms with Gasteiger partial charge in [-0.15, -0.1) is 0 Å². The molecule has 1 amide bonds. The standard InChI is InChI=1S/C13H21N3O2/c1-10-12(8-14-15(10)2)13(18)16-7-5-3-4-6-11(16)9-17/h8,11,17H,3-7,9H2,1-2H3. The van der Waals surface area contributed by atoms with Crippen LogP contribution in [0.4, 0.5) is 0 Å². The summed E-state index contributed by atoms with van der Waals surface area (Å²) in [5.41, 5.74) is 1.53. The number of hydrogen-bond acceptors (Lipinski definition) is 3. The van der Waals surface area contributed by atoms with E-state index in [0.717, 1.165) is 37.9 Å². The molecule has 0 bridgehead atoms. The van der Waals surface area contributed by atoms with Crippen molar-refractivity contribution in [3.63, 3.8) is 0 Å². The van der Waals surface area contributed by atoms with Crippen molar-refractivity contribution in [1.82, 2.24) is 14.7 Å². The molecule has 0 aliphatic carbocycles. The van der Waals surface area contributed by atoms with Crippen LogP contribution in [0.15, 0.2) is 6.20 Å². The summed E-state index contributed by atoms with van der Waals surface area (Å²) in [5.74, 6) is 0.00144. The van der Waals surface area contributed by atoms with Crippen LogP contribution in [0.3, 0.4) is 0 Å². The predicted octanol–water partition coefficient (Wildman–Crippen LogP) is 1.11. The average Bonchev–Trinajstić information content (AvgIpc) is 2.59. The first-order valence-electron chi connectivity index (χ1n) is 6.55. The Morgan fingerprint density at radius 1 is 1.50 bits per heavy atom. The lowest BCUT2D eigenvalue weighted by molar-refractivity contribution is 0.0599. The number of carbonyl (C=O) groups excluding carboxylic acids is 1. The van der Waals surface area contributed by atoms with Gasteiger partial charge in [0.25, 0.3) is 5.91 Å². The molecule has 1 N–H and O–H groups in total. The van der Waals surface area contributed by atoms with E-state index < -0.39 is 0 Å². The Morgan fingerprint density at radius 3 is 2.89 bits per heavy atom. The molecule has 0 radical (unpaired) electrons. The number of aliphatic hydroxyl groups is 1. The van der Waals surface area contributed by atoms with Crippen LogP contribution in [0.1, 0.15) is 41.7 Å². The Kier molecular flexibility index (Phi) is 4.01. The van der Waals surface area contributed by atoms with Gasteiger partial charge in [0.1, 0.15) is 0 Å². The van der Waals surface area contributed by atoms with Gasteiger partial charge in [-0.1, -0.05) is 12.8 Å². The third-order valence-corrected chi connectivity index (χ3v) is 3.81. The molecule has 1 atom stereocenters. The largest absolute Gasteiger partial charge is 0.394 e. The van der Waals surface area contributed by atoms with Crippen LogP contribution in [0, 0.1) is 6.92 Å². The normalized spacial score (nSPS) is 20.8. The molecule has 1 aliphatic heterocycles. The van der Waals surface area contributed by atoms with Crippen LogP contribution < -0.4 is 0 Å². The van der Waals surface area contributed by atoms with Crippen molar-refractivity contribution in [3.8, 4) is 0 Å². The zero-order chi connectivity index (χ0) is 13.1. The first-order valence-corrected chi connectivity index (χ1v) is 6.55. The van der Waals surface area contributed by atoms with E-state index in [4.69, 9.17) is 0 Å². The highest BCUT2D eigenvalue weighted by atomic mass is 16.3. The minimum Gasteiger partial charge on any atom is -0.394 e. The second kappa shape index (κ2) is 5.52. The summed E-state index contributed by atoms with van der Waals surface area (Å²) in [7, 11) is 1.83. The average molecular weight is 251 g/mol. The van der Waals surface area contributed by atoms with Crippen molar-refractivity contribution < 1.29 is 9.90 Å². The van der Waals surface area contributed by atoms with Gasteiger partial charge in [0.15, 0.2) is 0 Å². The molecule has 1 aliphatic rings. The van der Waals surface area contributed by atoms with Gasteiger partial charge in [-0.2, -0.15) is 5.10 Å². The van der Waals surface area contributed by atoms with Crippen molar-refractivity contribution in [1.29, 1.82) is 0 Å². The molecule has 5 heteroatoms. The fraction of sp³-hybridized carbons (Fsp3) is 0.692. The van der Waals surface area contributed by atoms with Crippen LogP contribution in [-0.2, 0) is 7.05 Å². The zero-order valence-electron chi connectivity index (χ0n) is 11.1. The molecular formula is C13H21N3O2. The lowest BCUT2D eigenvalue weighted by atomic mass is 10.1. The molecule has 1 saturated heterocycles. The van der Waals surface area contributed by atoms with Gasteiger partial charge in [0, 0.05) is 19.3 Å². The molecule has 100 valence electrons. The van der Waals surface area contributed by atoms with Crippen molar-refractivity contribution >= 4 is 5.91 Å². The van der Waals surface area contributed by atoms with Crippen molar-refractivity contribution in [2.24, 2.45) is 7.05 Å². The Balaban J connectivity index is 2.22. The highest BCUT2D eigenvalue weighted by Gasteiger charge is 2.27. The van der Waals surface area contributed by atoms with Gasteiger partial charge in [0.05, 0.1) is 24.4 Å². The van der Waals surface area contributed by atoms with Gasteiger partial charge < -0.3 is 10.0 Å². The van der Waals surface area contributed by atoms with E-state index in [2.05, 4.69) is 5.10 Å². The molecule has 18 heavy (non-hydrogen) atoms. The van der Waals surface area contributed by atoms with E-state index in [-0.39, 0.29) is 18.6 Å². The van der Waals surface area contributed by atoms with Gasteiger partial charge in [0.2, 0.25) is 0 Å². The molecule has 5 nitrogen and oxygen atoms in total. The molecule has 0 aromatic carbocycles. The lowest BCUT2D eigenvalue weighted by Crippen LogP contribution is -2.42. The molecule has 2 rings (SSSR count). The smallest absolute Gasteiger partial charge is 0.257 e. The maximum atomic E-state index is 12.5. The molecule has 1 fully saturated rings. The Bertz CT molecular complexity index is 428. The number of nitrogens with zero attached hydrogens (tertiary/aromatic N) is 3. The minimum absolute atomic E-state index is 0.00144. The lowest BCUT2D eigenvalue weighted by Gasteiger charge is -2.28. The third kappa shape index (κ3) is 2.41. The summed E-state index contributed by atoms with van der Waals surface area (Å²) in [5, 5.41) is 13.6. The Hall–Kier alpha value is -1.36. The Labute approximate surface area is 107 Å². The summed E-state index contributed by atoms with van der Waals surface area (Å²) >= 11 is 0. The summed E-state index contributed by atoms with van der Waals surface area (Å²) in [6, 6.07) is -0.0420. The van der Waals surface area contributed by atoms with E-state index in [9.17, 15) is 9.90 Å². The second-order valence-electron chi connectivity index (χ2n) is 4.95. The van der Waals surface area contributed by atoms with E-state index in [1.54, 1.807) is 10.9 Å².